The number of nitrogens with two attached hydrogens (primary N) is 1. The van der Waals surface area contributed by atoms with E-state index in [9.17, 15) is 0 Å². The van der Waals surface area contributed by atoms with Gasteiger partial charge in [0.25, 0.3) is 0 Å². The first-order valence-corrected chi connectivity index (χ1v) is 9.32. The first-order valence-electron chi connectivity index (χ1n) is 8.06. The molecular formula is C17H25ClN2S. The van der Waals surface area contributed by atoms with Crippen molar-refractivity contribution in [2.24, 2.45) is 28.0 Å². The number of hydrogen-bond acceptors (Lipinski definition) is 3. The molecule has 4 fully saturated rings. The average Bonchev–Trinajstić information content (AvgIpc) is 2.71. The molecule has 4 aliphatic rings. The summed E-state index contributed by atoms with van der Waals surface area (Å²) in [5.41, 5.74) is 4.47. The van der Waals surface area contributed by atoms with Crippen molar-refractivity contribution in [3.63, 3.8) is 0 Å². The van der Waals surface area contributed by atoms with Crippen molar-refractivity contribution in [2.75, 3.05) is 0 Å². The van der Waals surface area contributed by atoms with Crippen LogP contribution in [0.1, 0.15) is 63.3 Å². The maximum atomic E-state index is 6.44. The largest absolute Gasteiger partial charge is 0.271 e. The van der Waals surface area contributed by atoms with Gasteiger partial charge in [-0.2, -0.15) is 0 Å². The van der Waals surface area contributed by atoms with Crippen LogP contribution < -0.4 is 11.3 Å². The van der Waals surface area contributed by atoms with Crippen LogP contribution in [0.5, 0.6) is 0 Å². The molecule has 4 heteroatoms. The molecule has 3 atom stereocenters. The van der Waals surface area contributed by atoms with Gasteiger partial charge in [0.05, 0.1) is 11.1 Å². The van der Waals surface area contributed by atoms with E-state index < -0.39 is 0 Å². The Hall–Kier alpha value is -0.0900. The minimum atomic E-state index is 0.215. The molecule has 3 N–H and O–H groups in total. The van der Waals surface area contributed by atoms with Crippen molar-refractivity contribution in [1.82, 2.24) is 5.43 Å². The summed E-state index contributed by atoms with van der Waals surface area (Å²) < 4.78 is 0. The molecule has 3 unspecified atom stereocenters. The van der Waals surface area contributed by atoms with Gasteiger partial charge in [0, 0.05) is 4.88 Å². The van der Waals surface area contributed by atoms with Crippen molar-refractivity contribution in [3.05, 3.63) is 21.3 Å². The highest BCUT2D eigenvalue weighted by atomic mass is 35.5. The molecule has 2 nitrogen and oxygen atoms in total. The fourth-order valence-corrected chi connectivity index (χ4v) is 8.27. The highest BCUT2D eigenvalue weighted by Gasteiger charge is 2.62. The van der Waals surface area contributed by atoms with Gasteiger partial charge in [0.15, 0.2) is 0 Å². The third-order valence-corrected chi connectivity index (χ3v) is 7.78. The number of halogens is 1. The number of hydrazine groups is 1. The summed E-state index contributed by atoms with van der Waals surface area (Å²) in [4.78, 5) is 1.24. The summed E-state index contributed by atoms with van der Waals surface area (Å²) in [5, 5.41) is 2.97. The molecule has 0 saturated heterocycles. The Bertz CT molecular complexity index is 551. The second-order valence-electron chi connectivity index (χ2n) is 8.72. The molecule has 1 aromatic rings. The first-order chi connectivity index (χ1) is 9.87. The van der Waals surface area contributed by atoms with Gasteiger partial charge in [-0.3, -0.25) is 11.3 Å². The topological polar surface area (TPSA) is 38.0 Å². The van der Waals surface area contributed by atoms with Crippen molar-refractivity contribution >= 4 is 22.9 Å². The zero-order chi connectivity index (χ0) is 14.9. The molecule has 0 radical (unpaired) electrons. The normalized spacial score (nSPS) is 46.0. The van der Waals surface area contributed by atoms with E-state index in [4.69, 9.17) is 17.4 Å². The zero-order valence-corrected chi connectivity index (χ0v) is 14.5. The number of rotatable bonds is 3. The minimum absolute atomic E-state index is 0.215. The van der Waals surface area contributed by atoms with E-state index in [1.807, 2.05) is 6.07 Å². The average molecular weight is 325 g/mol. The molecule has 1 heterocycles. The molecule has 4 saturated carbocycles. The fraction of sp³-hybridized carbons (Fsp3) is 0.765. The fourth-order valence-electron chi connectivity index (χ4n) is 6.90. The summed E-state index contributed by atoms with van der Waals surface area (Å²) in [5.74, 6) is 6.92. The van der Waals surface area contributed by atoms with Crippen LogP contribution in [0.3, 0.4) is 0 Å². The first kappa shape index (κ1) is 14.5. The van der Waals surface area contributed by atoms with E-state index in [0.29, 0.717) is 16.2 Å². The maximum absolute atomic E-state index is 6.44. The molecule has 4 bridgehead atoms. The predicted molar refractivity (Wildman–Crippen MR) is 89.2 cm³/mol. The molecular weight excluding hydrogens is 300 g/mol. The smallest absolute Gasteiger partial charge is 0.0624 e. The van der Waals surface area contributed by atoms with Crippen molar-refractivity contribution in [2.45, 2.75) is 58.4 Å². The van der Waals surface area contributed by atoms with Crippen molar-refractivity contribution < 1.29 is 0 Å². The van der Waals surface area contributed by atoms with E-state index in [2.05, 4.69) is 24.7 Å². The molecule has 0 spiro atoms. The van der Waals surface area contributed by atoms with Gasteiger partial charge < -0.3 is 0 Å². The van der Waals surface area contributed by atoms with Crippen molar-refractivity contribution in [1.29, 1.82) is 0 Å². The number of nitrogens with one attached hydrogen (secondary N) is 1. The van der Waals surface area contributed by atoms with Crippen LogP contribution in [0.2, 0.25) is 5.02 Å². The van der Waals surface area contributed by atoms with Gasteiger partial charge >= 0.3 is 0 Å². The number of thiophene rings is 1. The quantitative estimate of drug-likeness (QED) is 0.613. The van der Waals surface area contributed by atoms with Crippen LogP contribution in [0.25, 0.3) is 0 Å². The van der Waals surface area contributed by atoms with Crippen LogP contribution >= 0.6 is 22.9 Å². The highest BCUT2D eigenvalue weighted by molar-refractivity contribution is 7.10. The van der Waals surface area contributed by atoms with Gasteiger partial charge in [-0.15, -0.1) is 11.3 Å². The van der Waals surface area contributed by atoms with E-state index in [0.717, 1.165) is 10.9 Å². The molecule has 5 rings (SSSR count). The van der Waals surface area contributed by atoms with E-state index in [1.165, 1.54) is 43.4 Å². The maximum Gasteiger partial charge on any atom is 0.0624 e. The molecule has 116 valence electrons. The third-order valence-electron chi connectivity index (χ3n) is 6.36. The lowest BCUT2D eigenvalue weighted by Gasteiger charge is -2.67. The zero-order valence-electron chi connectivity index (χ0n) is 12.9. The number of hydrogen-bond donors (Lipinski definition) is 2. The Balaban J connectivity index is 1.78. The van der Waals surface area contributed by atoms with Crippen LogP contribution in [0.4, 0.5) is 0 Å². The van der Waals surface area contributed by atoms with Gasteiger partial charge in [0.1, 0.15) is 0 Å². The van der Waals surface area contributed by atoms with Gasteiger partial charge in [-0.05, 0) is 72.1 Å². The lowest BCUT2D eigenvalue weighted by Crippen LogP contribution is -2.59. The third kappa shape index (κ3) is 2.12. The SMILES string of the molecule is CC12CC3CC(C)(C1)CC(C(NN)c1sccc1Cl)(C3)C2. The van der Waals surface area contributed by atoms with E-state index >= 15 is 0 Å². The molecule has 4 aliphatic carbocycles. The predicted octanol–water partition coefficient (Wildman–Crippen LogP) is 4.90. The highest BCUT2D eigenvalue weighted by Crippen LogP contribution is 2.72. The van der Waals surface area contributed by atoms with E-state index in [1.54, 1.807) is 11.3 Å². The summed E-state index contributed by atoms with van der Waals surface area (Å²) in [6.07, 6.45) is 8.15. The molecule has 0 amide bonds. The lowest BCUT2D eigenvalue weighted by molar-refractivity contribution is -0.158. The molecule has 0 aromatic carbocycles. The summed E-state index contributed by atoms with van der Waals surface area (Å²) in [6, 6.07) is 2.22. The van der Waals surface area contributed by atoms with Crippen molar-refractivity contribution in [3.8, 4) is 0 Å². The van der Waals surface area contributed by atoms with Crippen LogP contribution in [0, 0.1) is 22.2 Å². The molecule has 21 heavy (non-hydrogen) atoms. The standard InChI is InChI=1S/C17H25ClN2S/c1-15-5-11-6-16(2,8-15)10-17(7-11,9-15)14(20-19)13-12(18)3-4-21-13/h3-4,11,14,20H,5-10,19H2,1-2H3. The van der Waals surface area contributed by atoms with Gasteiger partial charge in [-0.25, -0.2) is 0 Å². The Morgan fingerprint density at radius 1 is 1.24 bits per heavy atom. The summed E-state index contributed by atoms with van der Waals surface area (Å²) in [7, 11) is 0. The Kier molecular flexibility index (Phi) is 3.09. The second kappa shape index (κ2) is 4.47. The summed E-state index contributed by atoms with van der Waals surface area (Å²) in [6.45, 7) is 5.02. The Morgan fingerprint density at radius 2 is 1.90 bits per heavy atom. The van der Waals surface area contributed by atoms with Crippen LogP contribution in [0.15, 0.2) is 11.4 Å². The van der Waals surface area contributed by atoms with Crippen LogP contribution in [-0.4, -0.2) is 0 Å². The second-order valence-corrected chi connectivity index (χ2v) is 10.1. The Labute approximate surface area is 136 Å². The summed E-state index contributed by atoms with van der Waals surface area (Å²) >= 11 is 8.19. The lowest BCUT2D eigenvalue weighted by atomic mass is 9.39. The van der Waals surface area contributed by atoms with Gasteiger partial charge in [-0.1, -0.05) is 25.4 Å². The minimum Gasteiger partial charge on any atom is -0.271 e. The molecule has 0 aliphatic heterocycles. The molecule has 1 aromatic heterocycles. The van der Waals surface area contributed by atoms with Gasteiger partial charge in [0.2, 0.25) is 0 Å². The monoisotopic (exact) mass is 324 g/mol. The van der Waals surface area contributed by atoms with Crippen LogP contribution in [-0.2, 0) is 0 Å². The van der Waals surface area contributed by atoms with E-state index in [-0.39, 0.29) is 6.04 Å². The Morgan fingerprint density at radius 3 is 2.38 bits per heavy atom.